The number of primary amides is 1. The number of nitrogens with two attached hydrogens (primary N) is 1. The topological polar surface area (TPSA) is 58.6 Å². The van der Waals surface area contributed by atoms with Gasteiger partial charge in [-0.05, 0) is 75.5 Å². The molecule has 0 radical (unpaired) electrons. The molecule has 0 saturated carbocycles. The molecule has 4 nitrogen and oxygen atoms in total. The van der Waals surface area contributed by atoms with Gasteiger partial charge in [0.1, 0.15) is 5.54 Å². The summed E-state index contributed by atoms with van der Waals surface area (Å²) in [5.74, 6) is 0.696. The van der Waals surface area contributed by atoms with E-state index in [1.165, 1.54) is 18.4 Å². The quantitative estimate of drug-likeness (QED) is 0.906. The molecule has 0 aliphatic carbocycles. The molecule has 2 aromatic rings. The van der Waals surface area contributed by atoms with Crippen molar-refractivity contribution in [3.63, 3.8) is 0 Å². The Morgan fingerprint density at radius 2 is 1.71 bits per heavy atom. The number of aromatic nitrogens is 1. The minimum Gasteiger partial charge on any atom is -0.317 e. The second kappa shape index (κ2) is 7.24. The van der Waals surface area contributed by atoms with Crippen molar-refractivity contribution in [2.75, 3.05) is 13.1 Å². The fourth-order valence-corrected chi connectivity index (χ4v) is 3.35. The molecule has 1 amide bonds. The Labute approximate surface area is 143 Å². The molecule has 1 saturated heterocycles. The van der Waals surface area contributed by atoms with Crippen molar-refractivity contribution >= 4 is 5.91 Å². The van der Waals surface area contributed by atoms with Crippen LogP contribution in [0.3, 0.4) is 0 Å². The molecule has 2 heterocycles. The van der Waals surface area contributed by atoms with E-state index in [0.717, 1.165) is 24.2 Å². The summed E-state index contributed by atoms with van der Waals surface area (Å²) in [5, 5.41) is 5.20. The van der Waals surface area contributed by atoms with Crippen molar-refractivity contribution in [2.45, 2.75) is 38.1 Å². The van der Waals surface area contributed by atoms with Crippen LogP contribution in [0.15, 0.2) is 48.8 Å². The summed E-state index contributed by atoms with van der Waals surface area (Å²) in [6.07, 6.45) is 5.88. The molecular formula is C20H26N3O+. The summed E-state index contributed by atoms with van der Waals surface area (Å²) < 4.78 is 0. The van der Waals surface area contributed by atoms with E-state index in [2.05, 4.69) is 36.3 Å². The normalized spacial score (nSPS) is 16.1. The van der Waals surface area contributed by atoms with Crippen LogP contribution in [-0.4, -0.2) is 24.0 Å². The molecule has 126 valence electrons. The zero-order chi connectivity index (χ0) is 17.0. The van der Waals surface area contributed by atoms with Crippen molar-refractivity contribution in [3.05, 3.63) is 65.5 Å². The highest BCUT2D eigenvalue weighted by atomic mass is 16.1. The minimum atomic E-state index is -0.312. The highest BCUT2D eigenvalue weighted by Gasteiger charge is 2.28. The highest BCUT2D eigenvalue weighted by Crippen LogP contribution is 2.25. The molecule has 1 aromatic carbocycles. The Hall–Kier alpha value is -2.04. The number of benzene rings is 1. The van der Waals surface area contributed by atoms with Crippen LogP contribution in [-0.2, 0) is 5.54 Å². The number of hydrogen-bond donors (Lipinski definition) is 2. The molecule has 1 fully saturated rings. The van der Waals surface area contributed by atoms with E-state index in [1.807, 2.05) is 29.6 Å². The minimum absolute atomic E-state index is 0.0775. The van der Waals surface area contributed by atoms with Gasteiger partial charge in [0, 0.05) is 18.0 Å². The first-order valence-electron chi connectivity index (χ1n) is 8.68. The number of piperidine rings is 1. The lowest BCUT2D eigenvalue weighted by molar-refractivity contribution is -0.639. The first-order chi connectivity index (χ1) is 11.6. The maximum atomic E-state index is 12.6. The number of carbonyl (C=O) groups excluding carboxylic acids is 1. The van der Waals surface area contributed by atoms with Gasteiger partial charge in [-0.3, -0.25) is 10.3 Å². The summed E-state index contributed by atoms with van der Waals surface area (Å²) in [6, 6.07) is 12.1. The smallest absolute Gasteiger partial charge is 0.317 e. The molecule has 0 spiro atoms. The predicted molar refractivity (Wildman–Crippen MR) is 94.8 cm³/mol. The van der Waals surface area contributed by atoms with E-state index < -0.39 is 0 Å². The van der Waals surface area contributed by atoms with Gasteiger partial charge in [0.25, 0.3) is 0 Å². The molecule has 4 heteroatoms. The predicted octanol–water partition coefficient (Wildman–Crippen LogP) is 2.19. The standard InChI is InChI=1S/C20H25N3O/c1-20(2,18-9-13-22-14-10-18)23-19(24)17-5-3-15(4-6-17)16-7-11-21-12-8-16/h3-6,9-10,13-14,16,21H,7-8,11-12H2,1-2H3,(H,23,24)/p+1. The average molecular weight is 324 g/mol. The Morgan fingerprint density at radius 1 is 1.08 bits per heavy atom. The monoisotopic (exact) mass is 324 g/mol. The summed E-state index contributed by atoms with van der Waals surface area (Å²) in [4.78, 5) is 16.7. The van der Waals surface area contributed by atoms with Crippen molar-refractivity contribution in [1.29, 1.82) is 0 Å². The third-order valence-electron chi connectivity index (χ3n) is 4.92. The van der Waals surface area contributed by atoms with Crippen LogP contribution in [0.2, 0.25) is 0 Å². The SMILES string of the molecule is CC(C)([NH2+]C(=O)c1ccc(C2CCNCC2)cc1)c1ccncc1. The molecule has 3 N–H and O–H groups in total. The van der Waals surface area contributed by atoms with E-state index >= 15 is 0 Å². The Morgan fingerprint density at radius 3 is 2.33 bits per heavy atom. The van der Waals surface area contributed by atoms with Gasteiger partial charge in [-0.25, -0.2) is 4.79 Å². The first-order valence-corrected chi connectivity index (χ1v) is 8.68. The molecule has 24 heavy (non-hydrogen) atoms. The van der Waals surface area contributed by atoms with Crippen molar-refractivity contribution in [1.82, 2.24) is 10.3 Å². The lowest BCUT2D eigenvalue weighted by Gasteiger charge is -2.23. The zero-order valence-electron chi connectivity index (χ0n) is 14.5. The summed E-state index contributed by atoms with van der Waals surface area (Å²) in [5.41, 5.74) is 2.89. The molecule has 1 aliphatic heterocycles. The maximum absolute atomic E-state index is 12.6. The van der Waals surface area contributed by atoms with Crippen molar-refractivity contribution < 1.29 is 10.1 Å². The largest absolute Gasteiger partial charge is 0.343 e. The fraction of sp³-hybridized carbons (Fsp3) is 0.400. The van der Waals surface area contributed by atoms with E-state index in [9.17, 15) is 4.79 Å². The summed E-state index contributed by atoms with van der Waals surface area (Å²) >= 11 is 0. The Balaban J connectivity index is 1.69. The lowest BCUT2D eigenvalue weighted by Crippen LogP contribution is -2.96. The molecular weight excluding hydrogens is 298 g/mol. The lowest BCUT2D eigenvalue weighted by atomic mass is 9.89. The molecule has 0 atom stereocenters. The van der Waals surface area contributed by atoms with Crippen LogP contribution >= 0.6 is 0 Å². The van der Waals surface area contributed by atoms with E-state index in [1.54, 1.807) is 12.4 Å². The highest BCUT2D eigenvalue weighted by molar-refractivity contribution is 5.86. The first kappa shape index (κ1) is 16.8. The molecule has 1 aromatic heterocycles. The number of quaternary nitrogens is 1. The van der Waals surface area contributed by atoms with Gasteiger partial charge < -0.3 is 5.32 Å². The second-order valence-corrected chi connectivity index (χ2v) is 7.11. The van der Waals surface area contributed by atoms with Crippen LogP contribution in [0.1, 0.15) is 54.1 Å². The van der Waals surface area contributed by atoms with Crippen LogP contribution < -0.4 is 10.6 Å². The summed E-state index contributed by atoms with van der Waals surface area (Å²) in [7, 11) is 0. The number of amides is 1. The fourth-order valence-electron chi connectivity index (χ4n) is 3.35. The van der Waals surface area contributed by atoms with Gasteiger partial charge >= 0.3 is 5.91 Å². The number of carbonyl (C=O) groups is 1. The zero-order valence-corrected chi connectivity index (χ0v) is 14.5. The number of nitrogens with zero attached hydrogens (tertiary/aromatic N) is 1. The van der Waals surface area contributed by atoms with Crippen LogP contribution in [0, 0.1) is 0 Å². The number of pyridine rings is 1. The van der Waals surface area contributed by atoms with Crippen molar-refractivity contribution in [3.8, 4) is 0 Å². The van der Waals surface area contributed by atoms with Gasteiger partial charge in [0.15, 0.2) is 0 Å². The third kappa shape index (κ3) is 3.89. The van der Waals surface area contributed by atoms with Gasteiger partial charge in [0.2, 0.25) is 0 Å². The Kier molecular flexibility index (Phi) is 5.07. The average Bonchev–Trinajstić information content (AvgIpc) is 2.63. The van der Waals surface area contributed by atoms with Crippen LogP contribution in [0.5, 0.6) is 0 Å². The maximum Gasteiger partial charge on any atom is 0.343 e. The van der Waals surface area contributed by atoms with Crippen LogP contribution in [0.25, 0.3) is 0 Å². The molecule has 3 rings (SSSR count). The van der Waals surface area contributed by atoms with Crippen molar-refractivity contribution in [2.24, 2.45) is 0 Å². The number of hydrogen-bond acceptors (Lipinski definition) is 3. The third-order valence-corrected chi connectivity index (χ3v) is 4.92. The second-order valence-electron chi connectivity index (χ2n) is 7.11. The van der Waals surface area contributed by atoms with E-state index in [0.29, 0.717) is 5.92 Å². The molecule has 0 bridgehead atoms. The molecule has 0 unspecified atom stereocenters. The Bertz CT molecular complexity index is 674. The summed E-state index contributed by atoms with van der Waals surface area (Å²) in [6.45, 7) is 6.28. The van der Waals surface area contributed by atoms with Crippen LogP contribution in [0.4, 0.5) is 0 Å². The number of rotatable bonds is 4. The van der Waals surface area contributed by atoms with Gasteiger partial charge in [-0.2, -0.15) is 0 Å². The van der Waals surface area contributed by atoms with Gasteiger partial charge in [-0.15, -0.1) is 0 Å². The number of nitrogens with one attached hydrogen (secondary N) is 1. The molecule has 1 aliphatic rings. The van der Waals surface area contributed by atoms with Gasteiger partial charge in [0.05, 0.1) is 5.56 Å². The van der Waals surface area contributed by atoms with E-state index in [4.69, 9.17) is 0 Å². The van der Waals surface area contributed by atoms with Gasteiger partial charge in [-0.1, -0.05) is 12.1 Å². The van der Waals surface area contributed by atoms with E-state index in [-0.39, 0.29) is 11.4 Å².